The number of benzene rings is 2. The Morgan fingerprint density at radius 1 is 0.929 bits per heavy atom. The summed E-state index contributed by atoms with van der Waals surface area (Å²) in [6, 6.07) is 19.2. The lowest BCUT2D eigenvalue weighted by molar-refractivity contribution is -0.127. The highest BCUT2D eigenvalue weighted by molar-refractivity contribution is 5.94. The van der Waals surface area contributed by atoms with Gasteiger partial charge in [0.2, 0.25) is 5.91 Å². The molecule has 5 heteroatoms. The van der Waals surface area contributed by atoms with Crippen LogP contribution in [0.3, 0.4) is 0 Å². The average molecular weight is 380 g/mol. The summed E-state index contributed by atoms with van der Waals surface area (Å²) in [5.74, 6) is 0.0182. The fourth-order valence-corrected chi connectivity index (χ4v) is 3.61. The predicted octanol–water partition coefficient (Wildman–Crippen LogP) is 3.15. The molecule has 5 nitrogen and oxygen atoms in total. The van der Waals surface area contributed by atoms with Crippen LogP contribution in [0.15, 0.2) is 60.7 Å². The Balaban J connectivity index is 1.46. The molecule has 2 N–H and O–H groups in total. The first-order chi connectivity index (χ1) is 13.5. The maximum Gasteiger partial charge on any atom is 0.251 e. The largest absolute Gasteiger partial charge is 0.349 e. The molecule has 1 aliphatic rings. The Labute approximate surface area is 167 Å². The SMILES string of the molecule is CC(NC(=O)C(C)N1CCC(NC(=O)c2ccccc2)CC1)c1ccccc1. The van der Waals surface area contributed by atoms with E-state index in [1.54, 1.807) is 0 Å². The number of carbonyl (C=O) groups is 2. The molecular formula is C23H29N3O2. The summed E-state index contributed by atoms with van der Waals surface area (Å²) in [6.07, 6.45) is 1.70. The van der Waals surface area contributed by atoms with Crippen LogP contribution in [0.5, 0.6) is 0 Å². The van der Waals surface area contributed by atoms with Gasteiger partial charge in [-0.05, 0) is 44.4 Å². The lowest BCUT2D eigenvalue weighted by atomic mass is 10.0. The van der Waals surface area contributed by atoms with Crippen LogP contribution < -0.4 is 10.6 Å². The Morgan fingerprint density at radius 3 is 2.11 bits per heavy atom. The molecule has 0 saturated carbocycles. The minimum absolute atomic E-state index is 0.0150. The van der Waals surface area contributed by atoms with Crippen LogP contribution in [0.1, 0.15) is 48.7 Å². The van der Waals surface area contributed by atoms with Gasteiger partial charge in [0.15, 0.2) is 0 Å². The second-order valence-electron chi connectivity index (χ2n) is 7.47. The first-order valence-corrected chi connectivity index (χ1v) is 10.00. The zero-order valence-electron chi connectivity index (χ0n) is 16.6. The Hall–Kier alpha value is -2.66. The van der Waals surface area contributed by atoms with Crippen LogP contribution in [0.4, 0.5) is 0 Å². The first kappa shape index (κ1) is 20.1. The van der Waals surface area contributed by atoms with Crippen molar-refractivity contribution in [3.63, 3.8) is 0 Å². The Bertz CT molecular complexity index is 771. The van der Waals surface area contributed by atoms with Crippen molar-refractivity contribution in [2.75, 3.05) is 13.1 Å². The van der Waals surface area contributed by atoms with Gasteiger partial charge >= 0.3 is 0 Å². The summed E-state index contributed by atoms with van der Waals surface area (Å²) in [4.78, 5) is 27.1. The molecule has 2 aromatic carbocycles. The van der Waals surface area contributed by atoms with E-state index in [0.29, 0.717) is 5.56 Å². The van der Waals surface area contributed by atoms with Gasteiger partial charge in [-0.15, -0.1) is 0 Å². The number of nitrogens with one attached hydrogen (secondary N) is 2. The number of carbonyl (C=O) groups excluding carboxylic acids is 2. The number of rotatable bonds is 6. The Kier molecular flexibility index (Phi) is 6.82. The molecule has 0 aliphatic carbocycles. The molecule has 1 fully saturated rings. The normalized spacial score (nSPS) is 17.5. The van der Waals surface area contributed by atoms with Crippen LogP contribution in [0.2, 0.25) is 0 Å². The molecule has 0 spiro atoms. The standard InChI is InChI=1S/C23H29N3O2/c1-17(19-9-5-3-6-10-19)24-22(27)18(2)26-15-13-21(14-16-26)25-23(28)20-11-7-4-8-12-20/h3-12,17-18,21H,13-16H2,1-2H3,(H,24,27)(H,25,28). The summed E-state index contributed by atoms with van der Waals surface area (Å²) in [7, 11) is 0. The number of hydrogen-bond donors (Lipinski definition) is 2. The summed E-state index contributed by atoms with van der Waals surface area (Å²) in [5, 5.41) is 6.22. The average Bonchev–Trinajstić information content (AvgIpc) is 2.75. The molecule has 0 aromatic heterocycles. The van der Waals surface area contributed by atoms with Crippen LogP contribution in [-0.4, -0.2) is 41.9 Å². The number of piperidine rings is 1. The molecule has 2 atom stereocenters. The van der Waals surface area contributed by atoms with E-state index in [9.17, 15) is 9.59 Å². The van der Waals surface area contributed by atoms with E-state index in [2.05, 4.69) is 15.5 Å². The molecule has 1 saturated heterocycles. The molecule has 2 unspecified atom stereocenters. The highest BCUT2D eigenvalue weighted by Crippen LogP contribution is 2.16. The number of nitrogens with zero attached hydrogens (tertiary/aromatic N) is 1. The zero-order valence-corrected chi connectivity index (χ0v) is 16.6. The van der Waals surface area contributed by atoms with E-state index in [4.69, 9.17) is 0 Å². The summed E-state index contributed by atoms with van der Waals surface area (Å²) >= 11 is 0. The summed E-state index contributed by atoms with van der Waals surface area (Å²) in [5.41, 5.74) is 1.79. The molecule has 1 aliphatic heterocycles. The summed E-state index contributed by atoms with van der Waals surface area (Å²) < 4.78 is 0. The lowest BCUT2D eigenvalue weighted by Crippen LogP contribution is -2.51. The number of amides is 2. The van der Waals surface area contributed by atoms with Gasteiger partial charge in [0.25, 0.3) is 5.91 Å². The van der Waals surface area contributed by atoms with Crippen molar-refractivity contribution in [3.05, 3.63) is 71.8 Å². The van der Waals surface area contributed by atoms with Crippen molar-refractivity contribution in [2.24, 2.45) is 0 Å². The van der Waals surface area contributed by atoms with Crippen molar-refractivity contribution < 1.29 is 9.59 Å². The smallest absolute Gasteiger partial charge is 0.251 e. The van der Waals surface area contributed by atoms with Gasteiger partial charge in [0.05, 0.1) is 12.1 Å². The third kappa shape index (κ3) is 5.20. The molecular weight excluding hydrogens is 350 g/mol. The van der Waals surface area contributed by atoms with Gasteiger partial charge in [-0.1, -0.05) is 48.5 Å². The molecule has 2 amide bonds. The van der Waals surface area contributed by atoms with E-state index >= 15 is 0 Å². The van der Waals surface area contributed by atoms with Gasteiger partial charge < -0.3 is 10.6 Å². The van der Waals surface area contributed by atoms with Crippen LogP contribution >= 0.6 is 0 Å². The molecule has 1 heterocycles. The van der Waals surface area contributed by atoms with E-state index in [0.717, 1.165) is 31.5 Å². The molecule has 3 rings (SSSR count). The molecule has 148 valence electrons. The van der Waals surface area contributed by atoms with Crippen molar-refractivity contribution in [3.8, 4) is 0 Å². The first-order valence-electron chi connectivity index (χ1n) is 10.00. The maximum atomic E-state index is 12.6. The van der Waals surface area contributed by atoms with Crippen LogP contribution in [-0.2, 0) is 4.79 Å². The van der Waals surface area contributed by atoms with Crippen molar-refractivity contribution >= 4 is 11.8 Å². The van der Waals surface area contributed by atoms with Gasteiger partial charge in [0, 0.05) is 24.7 Å². The van der Waals surface area contributed by atoms with Gasteiger partial charge in [-0.3, -0.25) is 14.5 Å². The predicted molar refractivity (Wildman–Crippen MR) is 111 cm³/mol. The van der Waals surface area contributed by atoms with Gasteiger partial charge in [-0.2, -0.15) is 0 Å². The van der Waals surface area contributed by atoms with Crippen molar-refractivity contribution in [2.45, 2.75) is 44.8 Å². The van der Waals surface area contributed by atoms with E-state index in [-0.39, 0.29) is 29.9 Å². The van der Waals surface area contributed by atoms with Gasteiger partial charge in [0.1, 0.15) is 0 Å². The molecule has 0 bridgehead atoms. The number of hydrogen-bond acceptors (Lipinski definition) is 3. The van der Waals surface area contributed by atoms with Gasteiger partial charge in [-0.25, -0.2) is 0 Å². The highest BCUT2D eigenvalue weighted by Gasteiger charge is 2.28. The van der Waals surface area contributed by atoms with Crippen LogP contribution in [0.25, 0.3) is 0 Å². The maximum absolute atomic E-state index is 12.6. The monoisotopic (exact) mass is 379 g/mol. The lowest BCUT2D eigenvalue weighted by Gasteiger charge is -2.36. The topological polar surface area (TPSA) is 61.4 Å². The van der Waals surface area contributed by atoms with Crippen molar-refractivity contribution in [1.29, 1.82) is 0 Å². The van der Waals surface area contributed by atoms with Crippen molar-refractivity contribution in [1.82, 2.24) is 15.5 Å². The highest BCUT2D eigenvalue weighted by atomic mass is 16.2. The Morgan fingerprint density at radius 2 is 1.50 bits per heavy atom. The molecule has 28 heavy (non-hydrogen) atoms. The number of likely N-dealkylation sites (tertiary alicyclic amines) is 1. The fraction of sp³-hybridized carbons (Fsp3) is 0.391. The third-order valence-electron chi connectivity index (χ3n) is 5.49. The molecule has 2 aromatic rings. The minimum Gasteiger partial charge on any atom is -0.349 e. The van der Waals surface area contributed by atoms with E-state index < -0.39 is 0 Å². The minimum atomic E-state index is -0.183. The van der Waals surface area contributed by atoms with E-state index in [1.807, 2.05) is 74.5 Å². The fourth-order valence-electron chi connectivity index (χ4n) is 3.61. The van der Waals surface area contributed by atoms with E-state index in [1.165, 1.54) is 0 Å². The quantitative estimate of drug-likeness (QED) is 0.811. The molecule has 0 radical (unpaired) electrons. The third-order valence-corrected chi connectivity index (χ3v) is 5.49. The second kappa shape index (κ2) is 9.51. The van der Waals surface area contributed by atoms with Crippen LogP contribution in [0, 0.1) is 0 Å². The second-order valence-corrected chi connectivity index (χ2v) is 7.47. The summed E-state index contributed by atoms with van der Waals surface area (Å²) in [6.45, 7) is 5.56. The zero-order chi connectivity index (χ0) is 19.9.